The minimum atomic E-state index is -3.67. The average Bonchev–Trinajstić information content (AvgIpc) is 2.91. The van der Waals surface area contributed by atoms with E-state index in [2.05, 4.69) is 44.3 Å². The van der Waals surface area contributed by atoms with E-state index in [1.54, 1.807) is 31.3 Å². The van der Waals surface area contributed by atoms with Crippen LogP contribution in [0.3, 0.4) is 0 Å². The monoisotopic (exact) mass is 701 g/mol. The number of anilines is 4. The molecule has 0 amide bonds. The molecular formula is C27H33Cl2N7O7S2. The largest absolute Gasteiger partial charge is 0.383 e. The lowest BCUT2D eigenvalue weighted by Gasteiger charge is -2.34. The lowest BCUT2D eigenvalue weighted by molar-refractivity contribution is 0.313. The summed E-state index contributed by atoms with van der Waals surface area (Å²) in [4.78, 5) is 26.9. The summed E-state index contributed by atoms with van der Waals surface area (Å²) in [7, 11) is -3.55. The number of aryl methyl sites for hydroxylation is 1. The predicted octanol–water partition coefficient (Wildman–Crippen LogP) is 3.39. The van der Waals surface area contributed by atoms with Crippen molar-refractivity contribution in [3.05, 3.63) is 68.9 Å². The van der Waals surface area contributed by atoms with Gasteiger partial charge in [0.15, 0.2) is 0 Å². The highest BCUT2D eigenvalue weighted by Gasteiger charge is 2.18. The maximum Gasteiger partial charge on any atom is 0.261 e. The molecule has 1 saturated heterocycles. The smallest absolute Gasteiger partial charge is 0.261 e. The molecule has 0 spiro atoms. The molecule has 45 heavy (non-hydrogen) atoms. The van der Waals surface area contributed by atoms with Crippen LogP contribution in [0.4, 0.5) is 23.1 Å². The van der Waals surface area contributed by atoms with Crippen LogP contribution in [0, 0.1) is 0 Å². The summed E-state index contributed by atoms with van der Waals surface area (Å²) in [6.45, 7) is 4.10. The third kappa shape index (κ3) is 10.8. The van der Waals surface area contributed by atoms with Crippen molar-refractivity contribution in [2.24, 2.45) is 7.05 Å². The van der Waals surface area contributed by atoms with Gasteiger partial charge >= 0.3 is 0 Å². The van der Waals surface area contributed by atoms with Gasteiger partial charge in [0.1, 0.15) is 11.5 Å². The van der Waals surface area contributed by atoms with E-state index in [4.69, 9.17) is 38.0 Å². The maximum absolute atomic E-state index is 13.2. The highest BCUT2D eigenvalue weighted by molar-refractivity contribution is 7.85. The summed E-state index contributed by atoms with van der Waals surface area (Å²) < 4.78 is 53.2. The quantitative estimate of drug-likeness (QED) is 0.226. The summed E-state index contributed by atoms with van der Waals surface area (Å²) in [5, 5.41) is 4.50. The van der Waals surface area contributed by atoms with Crippen LogP contribution < -0.4 is 21.5 Å². The molecule has 18 heteroatoms. The van der Waals surface area contributed by atoms with Crippen LogP contribution in [0.25, 0.3) is 22.2 Å². The number of hydrogen-bond acceptors (Lipinski definition) is 11. The minimum Gasteiger partial charge on any atom is -0.383 e. The summed E-state index contributed by atoms with van der Waals surface area (Å²) in [6, 6.07) is 14.9. The predicted molar refractivity (Wildman–Crippen MR) is 179 cm³/mol. The number of halogens is 2. The van der Waals surface area contributed by atoms with Crippen LogP contribution in [0.1, 0.15) is 0 Å². The summed E-state index contributed by atoms with van der Waals surface area (Å²) in [6.07, 6.45) is 1.43. The topological polar surface area (TPSA) is 201 Å². The fourth-order valence-corrected chi connectivity index (χ4v) is 4.89. The molecule has 4 aromatic rings. The van der Waals surface area contributed by atoms with E-state index >= 15 is 0 Å². The molecule has 2 aromatic carbocycles. The molecule has 0 saturated carbocycles. The van der Waals surface area contributed by atoms with E-state index in [0.29, 0.717) is 50.7 Å². The van der Waals surface area contributed by atoms with Crippen LogP contribution in [0.5, 0.6) is 0 Å². The van der Waals surface area contributed by atoms with Crippen LogP contribution in [-0.2, 0) is 27.3 Å². The van der Waals surface area contributed by atoms with Crippen LogP contribution in [0.2, 0.25) is 10.0 Å². The Balaban J connectivity index is 0.000000482. The van der Waals surface area contributed by atoms with Crippen molar-refractivity contribution in [1.82, 2.24) is 19.4 Å². The molecule has 1 fully saturated rings. The Bertz CT molecular complexity index is 1880. The second-order valence-corrected chi connectivity index (χ2v) is 13.9. The molecule has 3 heterocycles. The minimum absolute atomic E-state index is 0.242. The van der Waals surface area contributed by atoms with E-state index in [-0.39, 0.29) is 11.4 Å². The van der Waals surface area contributed by atoms with Gasteiger partial charge in [-0.15, -0.1) is 0 Å². The third-order valence-electron chi connectivity index (χ3n) is 6.32. The number of piperazine rings is 1. The number of nitrogen functional groups attached to an aromatic ring is 1. The molecule has 0 radical (unpaired) electrons. The van der Waals surface area contributed by atoms with E-state index in [1.165, 1.54) is 10.3 Å². The van der Waals surface area contributed by atoms with E-state index in [9.17, 15) is 21.6 Å². The van der Waals surface area contributed by atoms with Gasteiger partial charge in [0.05, 0.1) is 33.5 Å². The normalized spacial score (nSPS) is 13.8. The van der Waals surface area contributed by atoms with Crippen molar-refractivity contribution in [3.63, 3.8) is 0 Å². The fraction of sp³-hybridized carbons (Fsp3) is 0.296. The Labute approximate surface area is 270 Å². The lowest BCUT2D eigenvalue weighted by Crippen LogP contribution is -2.44. The van der Waals surface area contributed by atoms with Crippen molar-refractivity contribution in [2.45, 2.75) is 0 Å². The molecule has 5 rings (SSSR count). The van der Waals surface area contributed by atoms with E-state index in [0.717, 1.165) is 31.9 Å². The van der Waals surface area contributed by atoms with Crippen LogP contribution >= 0.6 is 23.2 Å². The third-order valence-corrected chi connectivity index (χ3v) is 6.95. The van der Waals surface area contributed by atoms with E-state index in [1.807, 2.05) is 12.1 Å². The number of hydrogen-bond donors (Lipinski definition) is 4. The number of aromatic nitrogens is 3. The average molecular weight is 703 g/mol. The number of likely N-dealkylation sites (N-methyl/N-ethyl adjacent to an activating group) is 1. The molecule has 0 aliphatic carbocycles. The first kappa shape index (κ1) is 36.0. The van der Waals surface area contributed by atoms with Crippen LogP contribution in [-0.4, -0.2) is 91.1 Å². The zero-order valence-electron chi connectivity index (χ0n) is 24.8. The van der Waals surface area contributed by atoms with Crippen molar-refractivity contribution in [1.29, 1.82) is 0 Å². The second-order valence-electron chi connectivity index (χ2n) is 10.1. The molecule has 0 atom stereocenters. The zero-order chi connectivity index (χ0) is 33.7. The Hall–Kier alpha value is -3.51. The van der Waals surface area contributed by atoms with Crippen molar-refractivity contribution in [2.75, 3.05) is 61.7 Å². The number of nitrogens with zero attached hydrogens (tertiary/aromatic N) is 5. The summed E-state index contributed by atoms with van der Waals surface area (Å²) in [5.74, 6) is 0.549. The van der Waals surface area contributed by atoms with Gasteiger partial charge in [0, 0.05) is 50.2 Å². The van der Waals surface area contributed by atoms with Gasteiger partial charge in [-0.3, -0.25) is 18.5 Å². The standard InChI is InChI=1S/C25H25Cl2N7O.2CH4O3S/c1-32-10-12-34(13-11-32)16-8-6-15(7-9-16)29-25-30-22(28)18-14-17(24(35)33(2)23(18)31-25)21-19(26)4-3-5-20(21)27;2*1-5(2,3)4/h3-9,14H,10-13H2,1-2H3,(H3,28,29,30,31);2*1H3,(H,2,3,4). The first-order valence-corrected chi connectivity index (χ1v) is 17.5. The molecule has 1 aliphatic heterocycles. The van der Waals surface area contributed by atoms with Gasteiger partial charge in [-0.05, 0) is 49.5 Å². The van der Waals surface area contributed by atoms with Gasteiger partial charge in [-0.25, -0.2) is 0 Å². The molecule has 0 unspecified atom stereocenters. The Morgan fingerprint density at radius 1 is 0.867 bits per heavy atom. The molecule has 14 nitrogen and oxygen atoms in total. The van der Waals surface area contributed by atoms with Crippen LogP contribution in [0.15, 0.2) is 53.3 Å². The number of benzene rings is 2. The molecular weight excluding hydrogens is 669 g/mol. The number of rotatable bonds is 4. The Kier molecular flexibility index (Phi) is 11.8. The van der Waals surface area contributed by atoms with Gasteiger partial charge in [0.2, 0.25) is 5.95 Å². The Morgan fingerprint density at radius 3 is 1.89 bits per heavy atom. The fourth-order valence-electron chi connectivity index (χ4n) is 4.29. The first-order chi connectivity index (χ1) is 20.8. The highest BCUT2D eigenvalue weighted by Crippen LogP contribution is 2.34. The molecule has 2 aromatic heterocycles. The highest BCUT2D eigenvalue weighted by atomic mass is 35.5. The van der Waals surface area contributed by atoms with Crippen molar-refractivity contribution >= 4 is 77.6 Å². The van der Waals surface area contributed by atoms with Gasteiger partial charge in [-0.2, -0.15) is 26.8 Å². The van der Waals surface area contributed by atoms with Crippen molar-refractivity contribution < 1.29 is 25.9 Å². The molecule has 1 aliphatic rings. The molecule has 5 N–H and O–H groups in total. The van der Waals surface area contributed by atoms with Crippen molar-refractivity contribution in [3.8, 4) is 11.1 Å². The first-order valence-electron chi connectivity index (χ1n) is 13.1. The second kappa shape index (κ2) is 14.7. The summed E-state index contributed by atoms with van der Waals surface area (Å²) in [5.41, 5.74) is 9.23. The summed E-state index contributed by atoms with van der Waals surface area (Å²) >= 11 is 12.7. The number of nitrogens with two attached hydrogens (primary N) is 1. The molecule has 244 valence electrons. The number of nitrogens with one attached hydrogen (secondary N) is 1. The van der Waals surface area contributed by atoms with E-state index < -0.39 is 20.2 Å². The molecule has 0 bridgehead atoms. The SMILES string of the molecule is CN1CCN(c2ccc(Nc3nc(N)c4cc(-c5c(Cl)cccc5Cl)c(=O)n(C)c4n3)cc2)CC1.CS(=O)(=O)O.CS(=O)(=O)O. The zero-order valence-corrected chi connectivity index (χ0v) is 27.9. The van der Waals surface area contributed by atoms with Gasteiger partial charge in [-0.1, -0.05) is 29.3 Å². The maximum atomic E-state index is 13.2. The van der Waals surface area contributed by atoms with Gasteiger partial charge in [0.25, 0.3) is 25.8 Å². The number of fused-ring (bicyclic) bond motifs is 1. The lowest BCUT2D eigenvalue weighted by atomic mass is 10.1. The van der Waals surface area contributed by atoms with Gasteiger partial charge < -0.3 is 20.9 Å². The number of pyridine rings is 1. The Morgan fingerprint density at radius 2 is 1.38 bits per heavy atom.